The van der Waals surface area contributed by atoms with Crippen LogP contribution in [0.2, 0.25) is 0 Å². The van der Waals surface area contributed by atoms with E-state index in [1.807, 2.05) is 6.07 Å². The Morgan fingerprint density at radius 2 is 2.26 bits per heavy atom. The van der Waals surface area contributed by atoms with Crippen molar-refractivity contribution in [3.63, 3.8) is 0 Å². The largest absolute Gasteiger partial charge is 0.329 e. The highest BCUT2D eigenvalue weighted by molar-refractivity contribution is 5.21. The third kappa shape index (κ3) is 3.53. The van der Waals surface area contributed by atoms with E-state index in [0.29, 0.717) is 12.6 Å². The zero-order chi connectivity index (χ0) is 13.8. The van der Waals surface area contributed by atoms with Gasteiger partial charge in [0.25, 0.3) is 0 Å². The van der Waals surface area contributed by atoms with Crippen molar-refractivity contribution in [2.24, 2.45) is 5.73 Å². The van der Waals surface area contributed by atoms with E-state index >= 15 is 0 Å². The van der Waals surface area contributed by atoms with Gasteiger partial charge in [-0.1, -0.05) is 12.1 Å². The standard InChI is InChI=1S/C15H24FN3/c1-18(2)14-7-4-8-19(11-14)15(10-17)12-5-3-6-13(16)9-12/h3,5-6,9,14-15H,4,7-8,10-11,17H2,1-2H3. The fourth-order valence-electron chi connectivity index (χ4n) is 2.90. The molecule has 0 saturated carbocycles. The van der Waals surface area contributed by atoms with Crippen molar-refractivity contribution < 1.29 is 4.39 Å². The number of likely N-dealkylation sites (N-methyl/N-ethyl adjacent to an activating group) is 1. The molecule has 1 aliphatic heterocycles. The Bertz CT molecular complexity index is 408. The van der Waals surface area contributed by atoms with Crippen LogP contribution in [0, 0.1) is 5.82 Å². The van der Waals surface area contributed by atoms with Gasteiger partial charge in [0.15, 0.2) is 0 Å². The van der Waals surface area contributed by atoms with Crippen molar-refractivity contribution in [3.8, 4) is 0 Å². The van der Waals surface area contributed by atoms with Crippen molar-refractivity contribution in [3.05, 3.63) is 35.6 Å². The number of halogens is 1. The van der Waals surface area contributed by atoms with E-state index in [1.165, 1.54) is 18.9 Å². The second-order valence-corrected chi connectivity index (χ2v) is 5.56. The first-order chi connectivity index (χ1) is 9.11. The summed E-state index contributed by atoms with van der Waals surface area (Å²) in [6.45, 7) is 2.58. The lowest BCUT2D eigenvalue weighted by atomic mass is 9.99. The average molecular weight is 265 g/mol. The van der Waals surface area contributed by atoms with Crippen LogP contribution in [-0.4, -0.2) is 49.6 Å². The van der Waals surface area contributed by atoms with Crippen LogP contribution < -0.4 is 5.73 Å². The van der Waals surface area contributed by atoms with Gasteiger partial charge in [-0.25, -0.2) is 4.39 Å². The topological polar surface area (TPSA) is 32.5 Å². The molecule has 0 aliphatic carbocycles. The van der Waals surface area contributed by atoms with Gasteiger partial charge in [-0.05, 0) is 51.2 Å². The fraction of sp³-hybridized carbons (Fsp3) is 0.600. The van der Waals surface area contributed by atoms with Gasteiger partial charge in [0.05, 0.1) is 0 Å². The van der Waals surface area contributed by atoms with Crippen LogP contribution in [-0.2, 0) is 0 Å². The van der Waals surface area contributed by atoms with Gasteiger partial charge >= 0.3 is 0 Å². The van der Waals surface area contributed by atoms with Gasteiger partial charge in [0, 0.05) is 25.2 Å². The first kappa shape index (κ1) is 14.4. The zero-order valence-electron chi connectivity index (χ0n) is 11.8. The first-order valence-electron chi connectivity index (χ1n) is 6.98. The summed E-state index contributed by atoms with van der Waals surface area (Å²) in [7, 11) is 4.24. The molecular weight excluding hydrogens is 241 g/mol. The van der Waals surface area contributed by atoms with E-state index in [4.69, 9.17) is 5.73 Å². The molecule has 0 radical (unpaired) electrons. The molecule has 2 unspecified atom stereocenters. The van der Waals surface area contributed by atoms with E-state index in [1.54, 1.807) is 12.1 Å². The van der Waals surface area contributed by atoms with Gasteiger partial charge in [-0.3, -0.25) is 4.90 Å². The summed E-state index contributed by atoms with van der Waals surface area (Å²) < 4.78 is 13.4. The summed E-state index contributed by atoms with van der Waals surface area (Å²) in [6.07, 6.45) is 2.40. The quantitative estimate of drug-likeness (QED) is 0.902. The molecule has 1 aliphatic rings. The summed E-state index contributed by atoms with van der Waals surface area (Å²) in [5.74, 6) is -0.183. The molecule has 2 N–H and O–H groups in total. The lowest BCUT2D eigenvalue weighted by molar-refractivity contribution is 0.0983. The van der Waals surface area contributed by atoms with Crippen LogP contribution in [0.4, 0.5) is 4.39 Å². The maximum Gasteiger partial charge on any atom is 0.123 e. The molecule has 2 atom stereocenters. The number of likely N-dealkylation sites (tertiary alicyclic amines) is 1. The Balaban J connectivity index is 2.13. The van der Waals surface area contributed by atoms with Crippen molar-refractivity contribution in [2.75, 3.05) is 33.7 Å². The molecule has 0 amide bonds. The van der Waals surface area contributed by atoms with Crippen molar-refractivity contribution in [2.45, 2.75) is 24.9 Å². The number of piperidine rings is 1. The molecule has 3 nitrogen and oxygen atoms in total. The molecule has 106 valence electrons. The van der Waals surface area contributed by atoms with E-state index < -0.39 is 0 Å². The van der Waals surface area contributed by atoms with Crippen LogP contribution in [0.15, 0.2) is 24.3 Å². The monoisotopic (exact) mass is 265 g/mol. The molecule has 1 aromatic carbocycles. The normalized spacial score (nSPS) is 22.7. The van der Waals surface area contributed by atoms with E-state index in [0.717, 1.165) is 18.7 Å². The molecular formula is C15H24FN3. The smallest absolute Gasteiger partial charge is 0.123 e. The van der Waals surface area contributed by atoms with E-state index in [9.17, 15) is 4.39 Å². The molecule has 1 saturated heterocycles. The van der Waals surface area contributed by atoms with Gasteiger partial charge in [0.1, 0.15) is 5.82 Å². The first-order valence-corrected chi connectivity index (χ1v) is 6.98. The molecule has 0 aromatic heterocycles. The minimum Gasteiger partial charge on any atom is -0.329 e. The predicted molar refractivity (Wildman–Crippen MR) is 76.5 cm³/mol. The van der Waals surface area contributed by atoms with Gasteiger partial charge in [-0.15, -0.1) is 0 Å². The predicted octanol–water partition coefficient (Wildman–Crippen LogP) is 1.85. The van der Waals surface area contributed by atoms with Crippen LogP contribution in [0.5, 0.6) is 0 Å². The third-order valence-corrected chi connectivity index (χ3v) is 4.06. The van der Waals surface area contributed by atoms with Crippen molar-refractivity contribution in [1.29, 1.82) is 0 Å². The second kappa shape index (κ2) is 6.46. The molecule has 1 aromatic rings. The molecule has 0 bridgehead atoms. The molecule has 0 spiro atoms. The van der Waals surface area contributed by atoms with Crippen molar-refractivity contribution in [1.82, 2.24) is 9.80 Å². The minimum absolute atomic E-state index is 0.124. The molecule has 4 heteroatoms. The highest BCUT2D eigenvalue weighted by Gasteiger charge is 2.27. The number of nitrogens with zero attached hydrogens (tertiary/aromatic N) is 2. The highest BCUT2D eigenvalue weighted by atomic mass is 19.1. The van der Waals surface area contributed by atoms with Gasteiger partial charge in [-0.2, -0.15) is 0 Å². The molecule has 2 rings (SSSR count). The Morgan fingerprint density at radius 1 is 1.47 bits per heavy atom. The number of nitrogens with two attached hydrogens (primary N) is 1. The highest BCUT2D eigenvalue weighted by Crippen LogP contribution is 2.25. The van der Waals surface area contributed by atoms with E-state index in [2.05, 4.69) is 23.9 Å². The minimum atomic E-state index is -0.183. The SMILES string of the molecule is CN(C)C1CCCN(C(CN)c2cccc(F)c2)C1. The third-order valence-electron chi connectivity index (χ3n) is 4.06. The summed E-state index contributed by atoms with van der Waals surface area (Å²) in [4.78, 5) is 4.66. The second-order valence-electron chi connectivity index (χ2n) is 5.56. The Kier molecular flexibility index (Phi) is 4.91. The summed E-state index contributed by atoms with van der Waals surface area (Å²) in [6, 6.07) is 7.52. The molecule has 1 heterocycles. The zero-order valence-corrected chi connectivity index (χ0v) is 11.8. The molecule has 1 fully saturated rings. The number of benzene rings is 1. The van der Waals surface area contributed by atoms with Crippen LogP contribution in [0.1, 0.15) is 24.4 Å². The Hall–Kier alpha value is -0.970. The summed E-state index contributed by atoms with van der Waals surface area (Å²) >= 11 is 0. The fourth-order valence-corrected chi connectivity index (χ4v) is 2.90. The van der Waals surface area contributed by atoms with Gasteiger partial charge in [0.2, 0.25) is 0 Å². The lowest BCUT2D eigenvalue weighted by Crippen LogP contribution is -2.47. The summed E-state index contributed by atoms with van der Waals surface area (Å²) in [5.41, 5.74) is 6.92. The Morgan fingerprint density at radius 3 is 2.89 bits per heavy atom. The van der Waals surface area contributed by atoms with Crippen LogP contribution in [0.25, 0.3) is 0 Å². The maximum atomic E-state index is 13.4. The van der Waals surface area contributed by atoms with Crippen molar-refractivity contribution >= 4 is 0 Å². The number of rotatable bonds is 4. The Labute approximate surface area is 115 Å². The van der Waals surface area contributed by atoms with Crippen LogP contribution >= 0.6 is 0 Å². The molecule has 19 heavy (non-hydrogen) atoms. The summed E-state index contributed by atoms with van der Waals surface area (Å²) in [5, 5.41) is 0. The van der Waals surface area contributed by atoms with Gasteiger partial charge < -0.3 is 10.6 Å². The number of hydrogen-bond donors (Lipinski definition) is 1. The number of hydrogen-bond acceptors (Lipinski definition) is 3. The average Bonchev–Trinajstić information content (AvgIpc) is 2.40. The van der Waals surface area contributed by atoms with E-state index in [-0.39, 0.29) is 11.9 Å². The lowest BCUT2D eigenvalue weighted by Gasteiger charge is -2.40. The maximum absolute atomic E-state index is 13.4. The van der Waals surface area contributed by atoms with Crippen LogP contribution in [0.3, 0.4) is 0 Å².